The van der Waals surface area contributed by atoms with Crippen molar-refractivity contribution in [2.24, 2.45) is 0 Å². The number of rotatable bonds is 5. The summed E-state index contributed by atoms with van der Waals surface area (Å²) < 4.78 is 32.6. The van der Waals surface area contributed by atoms with E-state index in [1.165, 1.54) is 0 Å². The van der Waals surface area contributed by atoms with Crippen LogP contribution in [0.5, 0.6) is 0 Å². The molecule has 1 aliphatic rings. The number of furan rings is 1. The van der Waals surface area contributed by atoms with Crippen LogP contribution in [0.15, 0.2) is 15.4 Å². The van der Waals surface area contributed by atoms with Crippen molar-refractivity contribution >= 4 is 22.4 Å². The van der Waals surface area contributed by atoms with Crippen LogP contribution in [0.2, 0.25) is 0 Å². The fourth-order valence-electron chi connectivity index (χ4n) is 2.59. The number of hydrogen-bond acceptors (Lipinski definition) is 4. The molecule has 2 rings (SSSR count). The quantitative estimate of drug-likeness (QED) is 0.901. The first kappa shape index (κ1) is 17.5. The van der Waals surface area contributed by atoms with Gasteiger partial charge in [-0.25, -0.2) is 8.42 Å². The monoisotopic (exact) mass is 322 g/mol. The standard InChI is InChI=1S/C13H22N2O3S.ClH/c1-4-7-15(12-5-6-14-9-12)19(16,17)13-8-10(2)18-11(13)3;/h8,12,14H,4-7,9H2,1-3H3;1H. The maximum atomic E-state index is 12.8. The fraction of sp³-hybridized carbons (Fsp3) is 0.692. The molecule has 1 aromatic rings. The lowest BCUT2D eigenvalue weighted by Crippen LogP contribution is -2.42. The minimum Gasteiger partial charge on any atom is -0.465 e. The van der Waals surface area contributed by atoms with E-state index in [0.29, 0.717) is 23.0 Å². The molecule has 0 radical (unpaired) electrons. The third kappa shape index (κ3) is 3.36. The topological polar surface area (TPSA) is 62.6 Å². The molecule has 1 unspecified atom stereocenters. The van der Waals surface area contributed by atoms with Crippen LogP contribution in [0.3, 0.4) is 0 Å². The van der Waals surface area contributed by atoms with Crippen LogP contribution in [0, 0.1) is 13.8 Å². The van der Waals surface area contributed by atoms with E-state index >= 15 is 0 Å². The van der Waals surface area contributed by atoms with Crippen molar-refractivity contribution in [2.45, 2.75) is 44.6 Å². The molecule has 0 amide bonds. The zero-order valence-corrected chi connectivity index (χ0v) is 13.8. The Kier molecular flexibility index (Phi) is 6.06. The van der Waals surface area contributed by atoms with E-state index in [9.17, 15) is 8.42 Å². The highest BCUT2D eigenvalue weighted by atomic mass is 35.5. The predicted octanol–water partition coefficient (Wildman–Crippen LogP) is 2.08. The second-order valence-electron chi connectivity index (χ2n) is 5.04. The Morgan fingerprint density at radius 2 is 2.15 bits per heavy atom. The highest BCUT2D eigenvalue weighted by Gasteiger charge is 2.34. The van der Waals surface area contributed by atoms with Gasteiger partial charge < -0.3 is 9.73 Å². The van der Waals surface area contributed by atoms with E-state index in [4.69, 9.17) is 4.42 Å². The lowest BCUT2D eigenvalue weighted by atomic mass is 10.2. The zero-order valence-electron chi connectivity index (χ0n) is 12.2. The molecule has 2 heterocycles. The fourth-order valence-corrected chi connectivity index (χ4v) is 4.56. The molecule has 7 heteroatoms. The normalized spacial score (nSPS) is 19.3. The molecule has 0 aromatic carbocycles. The third-order valence-corrected chi connectivity index (χ3v) is 5.53. The summed E-state index contributed by atoms with van der Waals surface area (Å²) in [5.74, 6) is 1.11. The van der Waals surface area contributed by atoms with Gasteiger partial charge in [-0.3, -0.25) is 0 Å². The molecule has 1 atom stereocenters. The minimum atomic E-state index is -3.46. The number of hydrogen-bond donors (Lipinski definition) is 1. The van der Waals surface area contributed by atoms with Crippen LogP contribution < -0.4 is 5.32 Å². The molecule has 0 saturated carbocycles. The number of halogens is 1. The SMILES string of the molecule is CCCN(C1CCNC1)S(=O)(=O)c1cc(C)oc1C.Cl. The minimum absolute atomic E-state index is 0. The van der Waals surface area contributed by atoms with Crippen LogP contribution in [-0.4, -0.2) is 38.4 Å². The van der Waals surface area contributed by atoms with Gasteiger partial charge in [0.15, 0.2) is 0 Å². The smallest absolute Gasteiger partial charge is 0.246 e. The number of nitrogens with zero attached hydrogens (tertiary/aromatic N) is 1. The number of aryl methyl sites for hydroxylation is 2. The van der Waals surface area contributed by atoms with E-state index in [1.807, 2.05) is 6.92 Å². The van der Waals surface area contributed by atoms with Crippen molar-refractivity contribution in [2.75, 3.05) is 19.6 Å². The van der Waals surface area contributed by atoms with Gasteiger partial charge in [0.05, 0.1) is 0 Å². The summed E-state index contributed by atoms with van der Waals surface area (Å²) >= 11 is 0. The zero-order chi connectivity index (χ0) is 14.0. The van der Waals surface area contributed by atoms with Crippen molar-refractivity contribution in [3.63, 3.8) is 0 Å². The van der Waals surface area contributed by atoms with Crippen molar-refractivity contribution in [1.82, 2.24) is 9.62 Å². The lowest BCUT2D eigenvalue weighted by molar-refractivity contribution is 0.334. The molecule has 1 fully saturated rings. The van der Waals surface area contributed by atoms with Crippen LogP contribution >= 0.6 is 12.4 Å². The van der Waals surface area contributed by atoms with Gasteiger partial charge >= 0.3 is 0 Å². The van der Waals surface area contributed by atoms with Crippen molar-refractivity contribution in [3.8, 4) is 0 Å². The van der Waals surface area contributed by atoms with Crippen LogP contribution in [0.4, 0.5) is 0 Å². The Hall–Kier alpha value is -0.560. The highest BCUT2D eigenvalue weighted by Crippen LogP contribution is 2.26. The molecular formula is C13H23ClN2O3S. The summed E-state index contributed by atoms with van der Waals surface area (Å²) in [6.45, 7) is 7.64. The average molecular weight is 323 g/mol. The van der Waals surface area contributed by atoms with E-state index in [1.54, 1.807) is 24.2 Å². The molecule has 1 saturated heterocycles. The molecule has 5 nitrogen and oxygen atoms in total. The molecule has 0 spiro atoms. The Morgan fingerprint density at radius 3 is 2.60 bits per heavy atom. The summed E-state index contributed by atoms with van der Waals surface area (Å²) in [7, 11) is -3.46. The van der Waals surface area contributed by atoms with Crippen molar-refractivity contribution < 1.29 is 12.8 Å². The maximum Gasteiger partial charge on any atom is 0.246 e. The average Bonchev–Trinajstić information content (AvgIpc) is 2.95. The number of nitrogens with one attached hydrogen (secondary N) is 1. The van der Waals surface area contributed by atoms with Gasteiger partial charge in [0.1, 0.15) is 16.4 Å². The molecule has 1 N–H and O–H groups in total. The molecule has 0 aliphatic carbocycles. The van der Waals surface area contributed by atoms with Gasteiger partial charge in [0.2, 0.25) is 10.0 Å². The first-order chi connectivity index (χ1) is 8.96. The largest absolute Gasteiger partial charge is 0.465 e. The summed E-state index contributed by atoms with van der Waals surface area (Å²) in [5, 5.41) is 3.23. The molecule has 0 bridgehead atoms. The second kappa shape index (κ2) is 6.93. The number of sulfonamides is 1. The van der Waals surface area contributed by atoms with E-state index in [0.717, 1.165) is 25.9 Å². The molecule has 116 valence electrons. The van der Waals surface area contributed by atoms with E-state index in [-0.39, 0.29) is 18.4 Å². The Labute approximate surface area is 127 Å². The highest BCUT2D eigenvalue weighted by molar-refractivity contribution is 7.89. The molecule has 20 heavy (non-hydrogen) atoms. The van der Waals surface area contributed by atoms with Crippen LogP contribution in [-0.2, 0) is 10.0 Å². The van der Waals surface area contributed by atoms with Gasteiger partial charge in [-0.15, -0.1) is 12.4 Å². The Bertz CT molecular complexity index is 536. The Balaban J connectivity index is 0.00000200. The van der Waals surface area contributed by atoms with Crippen LogP contribution in [0.1, 0.15) is 31.3 Å². The lowest BCUT2D eigenvalue weighted by Gasteiger charge is -2.26. The first-order valence-electron chi connectivity index (χ1n) is 6.76. The molecular weight excluding hydrogens is 300 g/mol. The van der Waals surface area contributed by atoms with Crippen molar-refractivity contribution in [1.29, 1.82) is 0 Å². The van der Waals surface area contributed by atoms with E-state index < -0.39 is 10.0 Å². The Morgan fingerprint density at radius 1 is 1.45 bits per heavy atom. The second-order valence-corrected chi connectivity index (χ2v) is 6.90. The van der Waals surface area contributed by atoms with Gasteiger partial charge in [-0.05, 0) is 39.3 Å². The van der Waals surface area contributed by atoms with Gasteiger partial charge in [-0.1, -0.05) is 6.92 Å². The van der Waals surface area contributed by atoms with E-state index in [2.05, 4.69) is 5.32 Å². The predicted molar refractivity (Wildman–Crippen MR) is 80.9 cm³/mol. The van der Waals surface area contributed by atoms with Crippen molar-refractivity contribution in [3.05, 3.63) is 17.6 Å². The summed E-state index contributed by atoms with van der Waals surface area (Å²) in [6.07, 6.45) is 1.68. The first-order valence-corrected chi connectivity index (χ1v) is 8.20. The third-order valence-electron chi connectivity index (χ3n) is 3.47. The maximum absolute atomic E-state index is 12.8. The van der Waals surface area contributed by atoms with Crippen LogP contribution in [0.25, 0.3) is 0 Å². The molecule has 1 aliphatic heterocycles. The summed E-state index contributed by atoms with van der Waals surface area (Å²) in [4.78, 5) is 0.311. The summed E-state index contributed by atoms with van der Waals surface area (Å²) in [6, 6.07) is 1.68. The van der Waals surface area contributed by atoms with Gasteiger partial charge in [0.25, 0.3) is 0 Å². The molecule has 1 aromatic heterocycles. The van der Waals surface area contributed by atoms with Gasteiger partial charge in [-0.2, -0.15) is 4.31 Å². The summed E-state index contributed by atoms with van der Waals surface area (Å²) in [5.41, 5.74) is 0. The van der Waals surface area contributed by atoms with Gasteiger partial charge in [0, 0.05) is 19.1 Å².